The summed E-state index contributed by atoms with van der Waals surface area (Å²) < 4.78 is 5.36. The minimum absolute atomic E-state index is 0.314. The minimum atomic E-state index is -0.314. The molecule has 0 saturated carbocycles. The van der Waals surface area contributed by atoms with Crippen molar-refractivity contribution in [1.29, 1.82) is 0 Å². The van der Waals surface area contributed by atoms with Gasteiger partial charge in [0.25, 0.3) is 0 Å². The summed E-state index contributed by atoms with van der Waals surface area (Å²) in [7, 11) is 0. The fraction of sp³-hybridized carbons (Fsp3) is 0.250. The molecule has 0 spiro atoms. The summed E-state index contributed by atoms with van der Waals surface area (Å²) in [4.78, 5) is 18.0. The number of pyridine rings is 1. The van der Waals surface area contributed by atoms with E-state index in [2.05, 4.69) is 33.4 Å². The van der Waals surface area contributed by atoms with E-state index in [1.165, 1.54) is 0 Å². The summed E-state index contributed by atoms with van der Waals surface area (Å²) in [5, 5.41) is 7.60. The second-order valence-corrected chi connectivity index (χ2v) is 6.39. The summed E-state index contributed by atoms with van der Waals surface area (Å²) in [5.41, 5.74) is 3.19. The molecule has 1 saturated heterocycles. The highest BCUT2D eigenvalue weighted by atomic mass is 16.6. The zero-order chi connectivity index (χ0) is 17.8. The van der Waals surface area contributed by atoms with Crippen LogP contribution in [0.3, 0.4) is 0 Å². The standard InChI is InChI=1S/C20H20N4O2/c25-20(26-17-7-4-10-21-14-17)24-11-8-16(9-12-24)19-13-18(22-23-19)15-5-2-1-3-6-15/h1-7,10,13-14,16H,8-9,11-12H2,(H,22,23). The summed E-state index contributed by atoms with van der Waals surface area (Å²) in [5.74, 6) is 0.850. The Morgan fingerprint density at radius 3 is 2.65 bits per heavy atom. The van der Waals surface area contributed by atoms with Gasteiger partial charge >= 0.3 is 6.09 Å². The van der Waals surface area contributed by atoms with Crippen molar-refractivity contribution in [2.45, 2.75) is 18.8 Å². The minimum Gasteiger partial charge on any atom is -0.409 e. The number of rotatable bonds is 3. The highest BCUT2D eigenvalue weighted by Crippen LogP contribution is 2.29. The molecule has 1 fully saturated rings. The van der Waals surface area contributed by atoms with E-state index >= 15 is 0 Å². The number of H-pyrrole nitrogens is 1. The zero-order valence-corrected chi connectivity index (χ0v) is 14.3. The predicted octanol–water partition coefficient (Wildman–Crippen LogP) is 3.85. The van der Waals surface area contributed by atoms with E-state index in [9.17, 15) is 4.79 Å². The second kappa shape index (κ2) is 7.39. The second-order valence-electron chi connectivity index (χ2n) is 6.39. The lowest BCUT2D eigenvalue weighted by molar-refractivity contribution is 0.138. The maximum Gasteiger partial charge on any atom is 0.415 e. The van der Waals surface area contributed by atoms with Crippen molar-refractivity contribution in [2.75, 3.05) is 13.1 Å². The molecule has 2 aromatic heterocycles. The van der Waals surface area contributed by atoms with Gasteiger partial charge in [0.15, 0.2) is 5.75 Å². The zero-order valence-electron chi connectivity index (χ0n) is 14.3. The first-order valence-corrected chi connectivity index (χ1v) is 8.77. The fourth-order valence-corrected chi connectivity index (χ4v) is 3.25. The SMILES string of the molecule is O=C(Oc1cccnc1)N1CCC(c2cc(-c3ccccc3)n[nH]2)CC1. The molecule has 0 aliphatic carbocycles. The molecule has 0 atom stereocenters. The number of hydrogen-bond donors (Lipinski definition) is 1. The molecule has 1 amide bonds. The molecular weight excluding hydrogens is 328 g/mol. The van der Waals surface area contributed by atoms with E-state index in [0.29, 0.717) is 24.8 Å². The van der Waals surface area contributed by atoms with Crippen LogP contribution in [0.1, 0.15) is 24.5 Å². The maximum absolute atomic E-state index is 12.3. The number of piperidine rings is 1. The van der Waals surface area contributed by atoms with E-state index in [4.69, 9.17) is 4.74 Å². The molecule has 3 aromatic rings. The van der Waals surface area contributed by atoms with Gasteiger partial charge in [0.05, 0.1) is 11.9 Å². The summed E-state index contributed by atoms with van der Waals surface area (Å²) in [6.07, 6.45) is 4.65. The van der Waals surface area contributed by atoms with Gasteiger partial charge < -0.3 is 9.64 Å². The number of aromatic nitrogens is 3. The summed E-state index contributed by atoms with van der Waals surface area (Å²) >= 11 is 0. The fourth-order valence-electron chi connectivity index (χ4n) is 3.25. The molecule has 1 aromatic carbocycles. The molecule has 3 heterocycles. The molecule has 132 valence electrons. The Kier molecular flexibility index (Phi) is 4.64. The van der Waals surface area contributed by atoms with Crippen molar-refractivity contribution >= 4 is 6.09 Å². The number of amides is 1. The van der Waals surface area contributed by atoms with E-state index in [-0.39, 0.29) is 6.09 Å². The molecular formula is C20H20N4O2. The Morgan fingerprint density at radius 2 is 1.92 bits per heavy atom. The molecule has 26 heavy (non-hydrogen) atoms. The molecule has 0 bridgehead atoms. The Labute approximate surface area is 151 Å². The monoisotopic (exact) mass is 348 g/mol. The van der Waals surface area contributed by atoms with E-state index < -0.39 is 0 Å². The van der Waals surface area contributed by atoms with Crippen LogP contribution in [0.4, 0.5) is 4.79 Å². The number of nitrogens with zero attached hydrogens (tertiary/aromatic N) is 3. The third-order valence-electron chi connectivity index (χ3n) is 4.70. The molecule has 4 rings (SSSR count). The molecule has 6 nitrogen and oxygen atoms in total. The van der Waals surface area contributed by atoms with Gasteiger partial charge in [-0.05, 0) is 31.0 Å². The normalized spacial score (nSPS) is 15.0. The van der Waals surface area contributed by atoms with Crippen molar-refractivity contribution < 1.29 is 9.53 Å². The quantitative estimate of drug-likeness (QED) is 0.780. The average molecular weight is 348 g/mol. The van der Waals surface area contributed by atoms with Gasteiger partial charge in [-0.1, -0.05) is 30.3 Å². The van der Waals surface area contributed by atoms with E-state index in [1.54, 1.807) is 29.4 Å². The van der Waals surface area contributed by atoms with Gasteiger partial charge in [-0.3, -0.25) is 10.1 Å². The number of likely N-dealkylation sites (tertiary alicyclic amines) is 1. The van der Waals surface area contributed by atoms with Crippen LogP contribution in [-0.4, -0.2) is 39.3 Å². The number of hydrogen-bond acceptors (Lipinski definition) is 4. The van der Waals surface area contributed by atoms with E-state index in [1.807, 2.05) is 18.2 Å². The van der Waals surface area contributed by atoms with Crippen molar-refractivity contribution in [2.24, 2.45) is 0 Å². The number of nitrogens with one attached hydrogen (secondary N) is 1. The van der Waals surface area contributed by atoms with Crippen molar-refractivity contribution in [3.63, 3.8) is 0 Å². The molecule has 6 heteroatoms. The van der Waals surface area contributed by atoms with Crippen LogP contribution >= 0.6 is 0 Å². The number of benzene rings is 1. The van der Waals surface area contributed by atoms with Gasteiger partial charge in [-0.15, -0.1) is 0 Å². The number of carbonyl (C=O) groups excluding carboxylic acids is 1. The van der Waals surface area contributed by atoms with Crippen LogP contribution in [0.2, 0.25) is 0 Å². The summed E-state index contributed by atoms with van der Waals surface area (Å²) in [6.45, 7) is 1.34. The Bertz CT molecular complexity index is 856. The van der Waals surface area contributed by atoms with Crippen LogP contribution in [0.15, 0.2) is 60.9 Å². The van der Waals surface area contributed by atoms with Gasteiger partial charge in [-0.25, -0.2) is 4.79 Å². The summed E-state index contributed by atoms with van der Waals surface area (Å²) in [6, 6.07) is 15.7. The third-order valence-corrected chi connectivity index (χ3v) is 4.70. The van der Waals surface area contributed by atoms with Gasteiger partial charge in [-0.2, -0.15) is 5.10 Å². The predicted molar refractivity (Wildman–Crippen MR) is 97.8 cm³/mol. The average Bonchev–Trinajstić information content (AvgIpc) is 3.20. The van der Waals surface area contributed by atoms with Crippen LogP contribution in [0.5, 0.6) is 5.75 Å². The van der Waals surface area contributed by atoms with Gasteiger partial charge in [0.2, 0.25) is 0 Å². The van der Waals surface area contributed by atoms with Crippen molar-refractivity contribution in [3.8, 4) is 17.0 Å². The number of aromatic amines is 1. The van der Waals surface area contributed by atoms with Crippen LogP contribution < -0.4 is 4.74 Å². The van der Waals surface area contributed by atoms with Crippen molar-refractivity contribution in [3.05, 3.63) is 66.6 Å². The van der Waals surface area contributed by atoms with Crippen LogP contribution in [-0.2, 0) is 0 Å². The molecule has 0 unspecified atom stereocenters. The van der Waals surface area contributed by atoms with Crippen LogP contribution in [0.25, 0.3) is 11.3 Å². The number of carbonyl (C=O) groups is 1. The largest absolute Gasteiger partial charge is 0.415 e. The smallest absolute Gasteiger partial charge is 0.409 e. The van der Waals surface area contributed by atoms with Crippen molar-refractivity contribution in [1.82, 2.24) is 20.1 Å². The third kappa shape index (κ3) is 3.59. The Balaban J connectivity index is 1.35. The maximum atomic E-state index is 12.3. The van der Waals surface area contributed by atoms with Crippen LogP contribution in [0, 0.1) is 0 Å². The van der Waals surface area contributed by atoms with Gasteiger partial charge in [0.1, 0.15) is 0 Å². The lowest BCUT2D eigenvalue weighted by Gasteiger charge is -2.30. The lowest BCUT2D eigenvalue weighted by atomic mass is 9.93. The number of ether oxygens (including phenoxy) is 1. The highest BCUT2D eigenvalue weighted by Gasteiger charge is 2.26. The Morgan fingerprint density at radius 1 is 1.12 bits per heavy atom. The Hall–Kier alpha value is -3.15. The molecule has 1 aliphatic rings. The first-order valence-electron chi connectivity index (χ1n) is 8.77. The van der Waals surface area contributed by atoms with E-state index in [0.717, 1.165) is 29.8 Å². The first-order chi connectivity index (χ1) is 12.8. The molecule has 0 radical (unpaired) electrons. The molecule has 1 N–H and O–H groups in total. The first kappa shape index (κ1) is 16.3. The van der Waals surface area contributed by atoms with Gasteiger partial charge in [0, 0.05) is 36.5 Å². The molecule has 1 aliphatic heterocycles. The topological polar surface area (TPSA) is 71.1 Å². The lowest BCUT2D eigenvalue weighted by Crippen LogP contribution is -2.39. The highest BCUT2D eigenvalue weighted by molar-refractivity contribution is 5.70.